The molecule has 0 bridgehead atoms. The van der Waals surface area contributed by atoms with Crippen molar-refractivity contribution in [2.45, 2.75) is 38.1 Å². The predicted molar refractivity (Wildman–Crippen MR) is 113 cm³/mol. The molecular formula is C22H19F5N6O2. The third-order valence-electron chi connectivity index (χ3n) is 5.89. The molecule has 1 fully saturated rings. The Bertz CT molecular complexity index is 1430. The van der Waals surface area contributed by atoms with E-state index >= 15 is 0 Å². The van der Waals surface area contributed by atoms with Gasteiger partial charge in [0, 0.05) is 36.9 Å². The summed E-state index contributed by atoms with van der Waals surface area (Å²) in [6, 6.07) is 1.85. The van der Waals surface area contributed by atoms with E-state index in [1.165, 1.54) is 23.4 Å². The number of hydrogen-bond acceptors (Lipinski definition) is 5. The minimum Gasteiger partial charge on any atom is -0.391 e. The van der Waals surface area contributed by atoms with Crippen LogP contribution in [0.25, 0.3) is 27.9 Å². The summed E-state index contributed by atoms with van der Waals surface area (Å²) in [7, 11) is 0. The number of imidazole rings is 1. The number of nitrogens with zero attached hydrogens (tertiary/aromatic N) is 6. The van der Waals surface area contributed by atoms with E-state index < -0.39 is 36.4 Å². The molecule has 1 saturated heterocycles. The highest BCUT2D eigenvalue weighted by atomic mass is 19.4. The molecule has 0 spiro atoms. The number of aliphatic hydroxyl groups excluding tert-OH is 1. The number of halogens is 5. The van der Waals surface area contributed by atoms with Gasteiger partial charge in [-0.3, -0.25) is 18.9 Å². The number of carbonyl (C=O) groups is 1. The number of hydrogen-bond donors (Lipinski definition) is 1. The number of β-amino-alcohol motifs (C(OH)–C–C–N with tert-alkyl or cyclic N) is 1. The van der Waals surface area contributed by atoms with Crippen LogP contribution in [-0.4, -0.2) is 65.4 Å². The van der Waals surface area contributed by atoms with Gasteiger partial charge < -0.3 is 10.0 Å². The minimum atomic E-state index is -4.63. The van der Waals surface area contributed by atoms with Crippen LogP contribution in [-0.2, 0) is 6.54 Å². The number of fused-ring (bicyclic) bond motifs is 2. The molecule has 1 N–H and O–H groups in total. The van der Waals surface area contributed by atoms with Gasteiger partial charge in [0.05, 0.1) is 23.5 Å². The fourth-order valence-corrected chi connectivity index (χ4v) is 4.32. The predicted octanol–water partition coefficient (Wildman–Crippen LogP) is 3.57. The van der Waals surface area contributed by atoms with Crippen LogP contribution in [0.2, 0.25) is 0 Å². The lowest BCUT2D eigenvalue weighted by atomic mass is 10.2. The number of likely N-dealkylation sites (tertiary alicyclic amines) is 1. The first-order valence-electron chi connectivity index (χ1n) is 10.8. The molecule has 35 heavy (non-hydrogen) atoms. The monoisotopic (exact) mass is 494 g/mol. The van der Waals surface area contributed by atoms with Gasteiger partial charge in [-0.25, -0.2) is 13.8 Å². The number of pyridine rings is 2. The first-order valence-corrected chi connectivity index (χ1v) is 10.8. The normalized spacial score (nSPS) is 17.3. The Morgan fingerprint density at radius 3 is 2.71 bits per heavy atom. The van der Waals surface area contributed by atoms with Gasteiger partial charge in [0.2, 0.25) is 0 Å². The van der Waals surface area contributed by atoms with Crippen LogP contribution in [0.1, 0.15) is 29.8 Å². The van der Waals surface area contributed by atoms with Crippen molar-refractivity contribution in [3.8, 4) is 11.4 Å². The van der Waals surface area contributed by atoms with E-state index in [2.05, 4.69) is 15.1 Å². The van der Waals surface area contributed by atoms with Crippen molar-refractivity contribution in [2.24, 2.45) is 0 Å². The lowest BCUT2D eigenvalue weighted by molar-refractivity contribution is -0.141. The number of rotatable bonds is 3. The Balaban J connectivity index is 1.64. The van der Waals surface area contributed by atoms with Crippen LogP contribution in [0, 0.1) is 11.6 Å². The van der Waals surface area contributed by atoms with Crippen molar-refractivity contribution >= 4 is 22.5 Å². The van der Waals surface area contributed by atoms with Crippen LogP contribution < -0.4 is 0 Å². The minimum absolute atomic E-state index is 0.0292. The number of aliphatic hydroxyl groups is 1. The molecule has 1 amide bonds. The molecule has 0 aliphatic carbocycles. The lowest BCUT2D eigenvalue weighted by Gasteiger charge is -2.21. The SMILES string of the molecule is O=C(c1cc2c(cn1)c(-c1cnc3c(F)cc(F)cn13)nn2CC(F)(F)F)N1CCCCC(O)C1. The summed E-state index contributed by atoms with van der Waals surface area (Å²) in [5.74, 6) is -2.37. The van der Waals surface area contributed by atoms with Gasteiger partial charge in [-0.2, -0.15) is 18.3 Å². The second-order valence-corrected chi connectivity index (χ2v) is 8.45. The summed E-state index contributed by atoms with van der Waals surface area (Å²) in [5.41, 5.74) is -0.326. The van der Waals surface area contributed by atoms with Crippen molar-refractivity contribution in [1.29, 1.82) is 0 Å². The molecular weight excluding hydrogens is 475 g/mol. The third-order valence-corrected chi connectivity index (χ3v) is 5.89. The zero-order valence-corrected chi connectivity index (χ0v) is 18.1. The van der Waals surface area contributed by atoms with Gasteiger partial charge in [0.15, 0.2) is 11.5 Å². The summed E-state index contributed by atoms with van der Waals surface area (Å²) < 4.78 is 69.7. The molecule has 1 atom stereocenters. The van der Waals surface area contributed by atoms with Crippen LogP contribution in [0.15, 0.2) is 30.7 Å². The molecule has 0 radical (unpaired) electrons. The zero-order chi connectivity index (χ0) is 24.9. The van der Waals surface area contributed by atoms with E-state index in [-0.39, 0.29) is 40.2 Å². The Labute approximate surface area is 194 Å². The van der Waals surface area contributed by atoms with Crippen molar-refractivity contribution in [1.82, 2.24) is 29.0 Å². The third kappa shape index (κ3) is 4.43. The van der Waals surface area contributed by atoms with E-state index in [1.54, 1.807) is 0 Å². The van der Waals surface area contributed by atoms with Gasteiger partial charge in [-0.05, 0) is 25.3 Å². The van der Waals surface area contributed by atoms with Crippen LogP contribution >= 0.6 is 0 Å². The average Bonchev–Trinajstić information content (AvgIpc) is 3.27. The summed E-state index contributed by atoms with van der Waals surface area (Å²) in [6.07, 6.45) is 0.00180. The molecule has 5 heterocycles. The largest absolute Gasteiger partial charge is 0.408 e. The van der Waals surface area contributed by atoms with E-state index in [4.69, 9.17) is 0 Å². The highest BCUT2D eigenvalue weighted by Gasteiger charge is 2.31. The molecule has 1 aliphatic rings. The van der Waals surface area contributed by atoms with Gasteiger partial charge in [0.1, 0.15) is 23.7 Å². The van der Waals surface area contributed by atoms with Gasteiger partial charge in [0.25, 0.3) is 5.91 Å². The highest BCUT2D eigenvalue weighted by Crippen LogP contribution is 2.31. The first kappa shape index (κ1) is 23.1. The quantitative estimate of drug-likeness (QED) is 0.440. The van der Waals surface area contributed by atoms with Crippen LogP contribution in [0.4, 0.5) is 22.0 Å². The molecule has 8 nitrogen and oxygen atoms in total. The topological polar surface area (TPSA) is 88.6 Å². The highest BCUT2D eigenvalue weighted by molar-refractivity contribution is 5.99. The summed E-state index contributed by atoms with van der Waals surface area (Å²) in [5, 5.41) is 14.2. The number of carbonyl (C=O) groups excluding carboxylic acids is 1. The Kier molecular flexibility index (Phi) is 5.66. The maximum Gasteiger partial charge on any atom is 0.408 e. The lowest BCUT2D eigenvalue weighted by Crippen LogP contribution is -2.36. The molecule has 0 saturated carbocycles. The summed E-state index contributed by atoms with van der Waals surface area (Å²) in [4.78, 5) is 22.5. The summed E-state index contributed by atoms with van der Waals surface area (Å²) >= 11 is 0. The van der Waals surface area contributed by atoms with Gasteiger partial charge in [-0.1, -0.05) is 0 Å². The Hall–Kier alpha value is -3.61. The van der Waals surface area contributed by atoms with E-state index in [1.807, 2.05) is 0 Å². The first-order chi connectivity index (χ1) is 16.6. The fraction of sp³-hybridized carbons (Fsp3) is 0.364. The molecule has 184 valence electrons. The number of aromatic nitrogens is 5. The maximum atomic E-state index is 14.1. The molecule has 4 aromatic heterocycles. The van der Waals surface area contributed by atoms with Crippen LogP contribution in [0.3, 0.4) is 0 Å². The van der Waals surface area contributed by atoms with Gasteiger partial charge >= 0.3 is 6.18 Å². The Morgan fingerprint density at radius 2 is 1.94 bits per heavy atom. The summed E-state index contributed by atoms with van der Waals surface area (Å²) in [6.45, 7) is -0.963. The average molecular weight is 494 g/mol. The standard InChI is InChI=1S/C22H19F5N6O2/c23-12-5-15(24)20-29-8-18(32(20)9-12)19-14-7-28-16(6-17(14)33(30-19)11-22(25,26)27)21(35)31-4-2-1-3-13(34)10-31/h5-9,13,34H,1-4,10-11H2. The van der Waals surface area contributed by atoms with Crippen molar-refractivity contribution in [2.75, 3.05) is 13.1 Å². The molecule has 0 aromatic carbocycles. The van der Waals surface area contributed by atoms with Crippen molar-refractivity contribution in [3.05, 3.63) is 48.1 Å². The number of amides is 1. The van der Waals surface area contributed by atoms with E-state index in [0.717, 1.165) is 17.0 Å². The van der Waals surface area contributed by atoms with Crippen molar-refractivity contribution in [3.63, 3.8) is 0 Å². The molecule has 4 aromatic rings. The molecule has 13 heteroatoms. The van der Waals surface area contributed by atoms with E-state index in [0.29, 0.717) is 30.1 Å². The maximum absolute atomic E-state index is 14.1. The van der Waals surface area contributed by atoms with Gasteiger partial charge in [-0.15, -0.1) is 0 Å². The molecule has 5 rings (SSSR count). The van der Waals surface area contributed by atoms with Crippen LogP contribution in [0.5, 0.6) is 0 Å². The second kappa shape index (κ2) is 8.56. The van der Waals surface area contributed by atoms with E-state index in [9.17, 15) is 31.9 Å². The Morgan fingerprint density at radius 1 is 1.14 bits per heavy atom. The van der Waals surface area contributed by atoms with Crippen molar-refractivity contribution < 1.29 is 31.9 Å². The number of alkyl halides is 3. The zero-order valence-electron chi connectivity index (χ0n) is 18.1. The molecule has 1 unspecified atom stereocenters. The smallest absolute Gasteiger partial charge is 0.391 e. The molecule has 1 aliphatic heterocycles. The fourth-order valence-electron chi connectivity index (χ4n) is 4.32. The second-order valence-electron chi connectivity index (χ2n) is 8.45.